The standard InChI is InChI=1S/C17H21N3O4/c1-11-8-12(2)20(19-11)9-16(21)18-13(3)14-4-6-15(7-5-14)24-10-17(22)23/h4-8,13H,9-10H2,1-3H3,(H,18,21)(H,22,23)/t13-/m1/s1. The van der Waals surface area contributed by atoms with Gasteiger partial charge in [-0.2, -0.15) is 5.10 Å². The van der Waals surface area contributed by atoms with E-state index >= 15 is 0 Å². The predicted octanol–water partition coefficient (Wildman–Crippen LogP) is 1.84. The molecule has 7 nitrogen and oxygen atoms in total. The number of amides is 1. The third kappa shape index (κ3) is 4.84. The molecule has 2 aromatic rings. The molecular weight excluding hydrogens is 310 g/mol. The van der Waals surface area contributed by atoms with Crippen molar-refractivity contribution in [3.63, 3.8) is 0 Å². The number of aliphatic carboxylic acids is 1. The van der Waals surface area contributed by atoms with E-state index in [1.54, 1.807) is 28.9 Å². The van der Waals surface area contributed by atoms with Gasteiger partial charge in [-0.15, -0.1) is 0 Å². The van der Waals surface area contributed by atoms with Crippen molar-refractivity contribution < 1.29 is 19.4 Å². The van der Waals surface area contributed by atoms with Crippen molar-refractivity contribution in [3.8, 4) is 5.75 Å². The number of carbonyl (C=O) groups is 2. The second-order valence-electron chi connectivity index (χ2n) is 5.63. The summed E-state index contributed by atoms with van der Waals surface area (Å²) in [6, 6.07) is 8.70. The van der Waals surface area contributed by atoms with Crippen LogP contribution in [0, 0.1) is 13.8 Å². The van der Waals surface area contributed by atoms with Crippen LogP contribution in [0.3, 0.4) is 0 Å². The minimum Gasteiger partial charge on any atom is -0.482 e. The van der Waals surface area contributed by atoms with E-state index < -0.39 is 5.97 Å². The summed E-state index contributed by atoms with van der Waals surface area (Å²) in [6.07, 6.45) is 0. The quantitative estimate of drug-likeness (QED) is 0.807. The SMILES string of the molecule is Cc1cc(C)n(CC(=O)N[C@H](C)c2ccc(OCC(=O)O)cc2)n1. The lowest BCUT2D eigenvalue weighted by Gasteiger charge is -2.15. The Morgan fingerprint density at radius 3 is 2.50 bits per heavy atom. The summed E-state index contributed by atoms with van der Waals surface area (Å²) in [7, 11) is 0. The molecule has 0 radical (unpaired) electrons. The van der Waals surface area contributed by atoms with Crippen molar-refractivity contribution in [1.29, 1.82) is 0 Å². The lowest BCUT2D eigenvalue weighted by atomic mass is 10.1. The van der Waals surface area contributed by atoms with Gasteiger partial charge in [0.15, 0.2) is 6.61 Å². The summed E-state index contributed by atoms with van der Waals surface area (Å²) in [5.41, 5.74) is 2.72. The van der Waals surface area contributed by atoms with Crippen molar-refractivity contribution in [3.05, 3.63) is 47.3 Å². The number of aryl methyl sites for hydroxylation is 2. The first kappa shape index (κ1) is 17.5. The number of hydrogen-bond donors (Lipinski definition) is 2. The van der Waals surface area contributed by atoms with Gasteiger partial charge in [-0.25, -0.2) is 4.79 Å². The number of nitrogens with one attached hydrogen (secondary N) is 1. The van der Waals surface area contributed by atoms with E-state index in [4.69, 9.17) is 9.84 Å². The second-order valence-corrected chi connectivity index (χ2v) is 5.63. The Bertz CT molecular complexity index is 722. The van der Waals surface area contributed by atoms with Crippen LogP contribution in [0.2, 0.25) is 0 Å². The number of carboxylic acids is 1. The van der Waals surface area contributed by atoms with Crippen molar-refractivity contribution in [2.75, 3.05) is 6.61 Å². The molecular formula is C17H21N3O4. The number of carbonyl (C=O) groups excluding carboxylic acids is 1. The maximum atomic E-state index is 12.1. The van der Waals surface area contributed by atoms with Crippen LogP contribution in [0.1, 0.15) is 29.9 Å². The predicted molar refractivity (Wildman–Crippen MR) is 87.8 cm³/mol. The van der Waals surface area contributed by atoms with Crippen molar-refractivity contribution in [1.82, 2.24) is 15.1 Å². The molecule has 2 N–H and O–H groups in total. The van der Waals surface area contributed by atoms with Crippen LogP contribution in [-0.4, -0.2) is 33.4 Å². The molecule has 0 unspecified atom stereocenters. The zero-order valence-corrected chi connectivity index (χ0v) is 13.9. The zero-order chi connectivity index (χ0) is 17.7. The molecule has 0 bridgehead atoms. The molecule has 1 aromatic heterocycles. The highest BCUT2D eigenvalue weighted by molar-refractivity contribution is 5.76. The normalized spacial score (nSPS) is 11.8. The molecule has 7 heteroatoms. The van der Waals surface area contributed by atoms with E-state index in [1.807, 2.05) is 26.8 Å². The van der Waals surface area contributed by atoms with Crippen LogP contribution < -0.4 is 10.1 Å². The molecule has 1 aromatic carbocycles. The molecule has 0 aliphatic carbocycles. The Morgan fingerprint density at radius 2 is 1.96 bits per heavy atom. The first-order chi connectivity index (χ1) is 11.3. The minimum absolute atomic E-state index is 0.125. The summed E-state index contributed by atoms with van der Waals surface area (Å²) < 4.78 is 6.75. The first-order valence-corrected chi connectivity index (χ1v) is 7.60. The molecule has 0 saturated heterocycles. The molecule has 1 amide bonds. The van der Waals surface area contributed by atoms with Gasteiger partial charge in [0, 0.05) is 5.69 Å². The van der Waals surface area contributed by atoms with E-state index in [0.717, 1.165) is 17.0 Å². The number of aromatic nitrogens is 2. The summed E-state index contributed by atoms with van der Waals surface area (Å²) in [5.74, 6) is -0.675. The lowest BCUT2D eigenvalue weighted by Crippen LogP contribution is -2.30. The minimum atomic E-state index is -1.02. The van der Waals surface area contributed by atoms with Gasteiger partial charge in [-0.05, 0) is 44.5 Å². The van der Waals surface area contributed by atoms with Gasteiger partial charge in [-0.3, -0.25) is 9.48 Å². The topological polar surface area (TPSA) is 93.5 Å². The number of ether oxygens (including phenoxy) is 1. The average Bonchev–Trinajstić information content (AvgIpc) is 2.83. The van der Waals surface area contributed by atoms with Crippen LogP contribution in [0.5, 0.6) is 5.75 Å². The monoisotopic (exact) mass is 331 g/mol. The van der Waals surface area contributed by atoms with Gasteiger partial charge in [0.25, 0.3) is 0 Å². The number of hydrogen-bond acceptors (Lipinski definition) is 4. The third-order valence-electron chi connectivity index (χ3n) is 3.52. The molecule has 24 heavy (non-hydrogen) atoms. The molecule has 2 rings (SSSR count). The molecule has 0 saturated carbocycles. The molecule has 0 spiro atoms. The summed E-state index contributed by atoms with van der Waals surface area (Å²) in [6.45, 7) is 5.47. The fraction of sp³-hybridized carbons (Fsp3) is 0.353. The number of rotatable bonds is 7. The van der Waals surface area contributed by atoms with Crippen LogP contribution in [-0.2, 0) is 16.1 Å². The van der Waals surface area contributed by atoms with Crippen molar-refractivity contribution >= 4 is 11.9 Å². The molecule has 1 atom stereocenters. The van der Waals surface area contributed by atoms with Crippen LogP contribution in [0.25, 0.3) is 0 Å². The maximum absolute atomic E-state index is 12.1. The summed E-state index contributed by atoms with van der Waals surface area (Å²) in [5, 5.41) is 15.8. The fourth-order valence-electron chi connectivity index (χ4n) is 2.34. The first-order valence-electron chi connectivity index (χ1n) is 7.60. The Hall–Kier alpha value is -2.83. The largest absolute Gasteiger partial charge is 0.482 e. The van der Waals surface area contributed by atoms with Gasteiger partial charge in [0.2, 0.25) is 5.91 Å². The van der Waals surface area contributed by atoms with Crippen LogP contribution in [0.15, 0.2) is 30.3 Å². The number of carboxylic acid groups (broad SMARTS) is 1. The lowest BCUT2D eigenvalue weighted by molar-refractivity contribution is -0.139. The molecule has 0 aliphatic heterocycles. The van der Waals surface area contributed by atoms with E-state index in [-0.39, 0.29) is 25.1 Å². The molecule has 0 fully saturated rings. The number of nitrogens with zero attached hydrogens (tertiary/aromatic N) is 2. The second kappa shape index (κ2) is 7.63. The fourth-order valence-corrected chi connectivity index (χ4v) is 2.34. The van der Waals surface area contributed by atoms with Gasteiger partial charge in [-0.1, -0.05) is 12.1 Å². The highest BCUT2D eigenvalue weighted by atomic mass is 16.5. The maximum Gasteiger partial charge on any atom is 0.341 e. The van der Waals surface area contributed by atoms with E-state index in [2.05, 4.69) is 10.4 Å². The Labute approximate surface area is 140 Å². The Balaban J connectivity index is 1.91. The van der Waals surface area contributed by atoms with Gasteiger partial charge >= 0.3 is 5.97 Å². The highest BCUT2D eigenvalue weighted by Crippen LogP contribution is 2.17. The zero-order valence-electron chi connectivity index (χ0n) is 13.9. The van der Waals surface area contributed by atoms with Gasteiger partial charge < -0.3 is 15.2 Å². The highest BCUT2D eigenvalue weighted by Gasteiger charge is 2.12. The molecule has 128 valence electrons. The Morgan fingerprint density at radius 1 is 1.29 bits per heavy atom. The van der Waals surface area contributed by atoms with Crippen LogP contribution in [0.4, 0.5) is 0 Å². The molecule has 0 aliphatic rings. The van der Waals surface area contributed by atoms with Crippen molar-refractivity contribution in [2.24, 2.45) is 0 Å². The van der Waals surface area contributed by atoms with Crippen LogP contribution >= 0.6 is 0 Å². The smallest absolute Gasteiger partial charge is 0.341 e. The Kier molecular flexibility index (Phi) is 5.57. The van der Waals surface area contributed by atoms with Gasteiger partial charge in [0.05, 0.1) is 11.7 Å². The van der Waals surface area contributed by atoms with E-state index in [1.165, 1.54) is 0 Å². The average molecular weight is 331 g/mol. The number of benzene rings is 1. The third-order valence-corrected chi connectivity index (χ3v) is 3.52. The van der Waals surface area contributed by atoms with E-state index in [0.29, 0.717) is 5.75 Å². The van der Waals surface area contributed by atoms with E-state index in [9.17, 15) is 9.59 Å². The molecule has 1 heterocycles. The van der Waals surface area contributed by atoms with Crippen molar-refractivity contribution in [2.45, 2.75) is 33.4 Å². The van der Waals surface area contributed by atoms with Gasteiger partial charge in [0.1, 0.15) is 12.3 Å². The summed E-state index contributed by atoms with van der Waals surface area (Å²) >= 11 is 0. The summed E-state index contributed by atoms with van der Waals surface area (Å²) in [4.78, 5) is 22.6.